The molecule has 0 aliphatic rings. The number of hydrogen-bond donors (Lipinski definition) is 0. The first-order chi connectivity index (χ1) is 6.41. The molecule has 0 aromatic carbocycles. The molecule has 13 heavy (non-hydrogen) atoms. The van der Waals surface area contributed by atoms with Crippen molar-refractivity contribution in [2.45, 2.75) is 51.4 Å². The van der Waals surface area contributed by atoms with Crippen molar-refractivity contribution in [1.29, 1.82) is 0 Å². The van der Waals surface area contributed by atoms with Crippen LogP contribution in [-0.4, -0.2) is 13.1 Å². The lowest BCUT2D eigenvalue weighted by atomic mass is 10.1. The van der Waals surface area contributed by atoms with Crippen LogP contribution < -0.4 is 0 Å². The van der Waals surface area contributed by atoms with Crippen LogP contribution in [-0.2, 0) is 9.53 Å². The maximum Gasteiger partial charge on any atom is 0.417 e. The first-order valence-corrected chi connectivity index (χ1v) is 5.20. The summed E-state index contributed by atoms with van der Waals surface area (Å²) in [6, 6.07) is 0. The Balaban J connectivity index is 2.79. The second-order valence-corrected chi connectivity index (χ2v) is 3.26. The van der Waals surface area contributed by atoms with E-state index in [1.54, 1.807) is 0 Å². The van der Waals surface area contributed by atoms with Gasteiger partial charge in [-0.15, -0.1) is 0 Å². The topological polar surface area (TPSA) is 26.3 Å². The van der Waals surface area contributed by atoms with Crippen LogP contribution in [0.4, 0.5) is 0 Å². The van der Waals surface area contributed by atoms with Crippen LogP contribution >= 0.6 is 0 Å². The molecule has 0 rings (SSSR count). The third-order valence-corrected chi connectivity index (χ3v) is 2.06. The Morgan fingerprint density at radius 2 is 1.46 bits per heavy atom. The zero-order valence-electron chi connectivity index (χ0n) is 8.39. The van der Waals surface area contributed by atoms with Crippen LogP contribution in [0.3, 0.4) is 0 Å². The van der Waals surface area contributed by atoms with Gasteiger partial charge in [-0.05, 0) is 6.42 Å². The lowest BCUT2D eigenvalue weighted by Gasteiger charge is -2.00. The minimum atomic E-state index is 0.530. The van der Waals surface area contributed by atoms with E-state index in [1.807, 2.05) is 0 Å². The third-order valence-electron chi connectivity index (χ3n) is 2.06. The van der Waals surface area contributed by atoms with Crippen molar-refractivity contribution in [3.8, 4) is 0 Å². The van der Waals surface area contributed by atoms with Gasteiger partial charge in [-0.1, -0.05) is 51.9 Å². The van der Waals surface area contributed by atoms with E-state index < -0.39 is 0 Å². The van der Waals surface area contributed by atoms with Gasteiger partial charge in [0.25, 0.3) is 0 Å². The zero-order valence-corrected chi connectivity index (χ0v) is 8.39. The molecule has 0 saturated carbocycles. The van der Waals surface area contributed by atoms with Crippen molar-refractivity contribution in [3.05, 3.63) is 6.92 Å². The normalized spacial score (nSPS) is 9.92. The van der Waals surface area contributed by atoms with Gasteiger partial charge in [-0.3, -0.25) is 0 Å². The van der Waals surface area contributed by atoms with E-state index in [4.69, 9.17) is 0 Å². The van der Waals surface area contributed by atoms with Crippen molar-refractivity contribution in [2.75, 3.05) is 6.61 Å². The molecular weight excluding hydrogens is 164 g/mol. The standard InChI is InChI=1S/C11H20O2/c1-2-3-4-5-6-7-8-9-10-13-11-12/h1-10H2. The quantitative estimate of drug-likeness (QED) is 0.488. The number of unbranched alkanes of at least 4 members (excludes halogenated alkanes) is 7. The fourth-order valence-electron chi connectivity index (χ4n) is 1.28. The fourth-order valence-corrected chi connectivity index (χ4v) is 1.28. The van der Waals surface area contributed by atoms with Crippen LogP contribution in [0.15, 0.2) is 0 Å². The van der Waals surface area contributed by atoms with Crippen LogP contribution in [0.25, 0.3) is 0 Å². The highest BCUT2D eigenvalue weighted by Crippen LogP contribution is 2.07. The Morgan fingerprint density at radius 1 is 0.923 bits per heavy atom. The molecule has 0 aromatic rings. The molecule has 0 spiro atoms. The monoisotopic (exact) mass is 184 g/mol. The predicted molar refractivity (Wildman–Crippen MR) is 53.9 cm³/mol. The largest absolute Gasteiger partial charge is 0.457 e. The van der Waals surface area contributed by atoms with Gasteiger partial charge < -0.3 is 4.74 Å². The van der Waals surface area contributed by atoms with E-state index in [0.29, 0.717) is 6.61 Å². The van der Waals surface area contributed by atoms with Gasteiger partial charge >= 0.3 is 6.47 Å². The summed E-state index contributed by atoms with van der Waals surface area (Å²) in [5.41, 5.74) is 0. The lowest BCUT2D eigenvalue weighted by molar-refractivity contribution is 0.268. The number of hydrogen-bond acceptors (Lipinski definition) is 2. The van der Waals surface area contributed by atoms with Crippen LogP contribution in [0.2, 0.25) is 0 Å². The molecule has 0 saturated heterocycles. The van der Waals surface area contributed by atoms with Crippen molar-refractivity contribution in [2.24, 2.45) is 0 Å². The number of rotatable bonds is 10. The maximum atomic E-state index is 9.66. The highest BCUT2D eigenvalue weighted by Gasteiger charge is 1.91. The Hall–Kier alpha value is -0.530. The summed E-state index contributed by atoms with van der Waals surface area (Å²) >= 11 is 0. The van der Waals surface area contributed by atoms with Crippen molar-refractivity contribution < 1.29 is 9.53 Å². The van der Waals surface area contributed by atoms with Gasteiger partial charge in [0.1, 0.15) is 0 Å². The van der Waals surface area contributed by atoms with E-state index >= 15 is 0 Å². The minimum absolute atomic E-state index is 0.530. The molecule has 0 heterocycles. The Kier molecular flexibility index (Phi) is 11.0. The van der Waals surface area contributed by atoms with Gasteiger partial charge in [0.15, 0.2) is 0 Å². The zero-order chi connectivity index (χ0) is 9.78. The van der Waals surface area contributed by atoms with Crippen LogP contribution in [0, 0.1) is 6.92 Å². The molecule has 0 aromatic heterocycles. The molecular formula is C11H20O2. The summed E-state index contributed by atoms with van der Waals surface area (Å²) in [7, 11) is 0. The van der Waals surface area contributed by atoms with E-state index in [9.17, 15) is 4.79 Å². The highest BCUT2D eigenvalue weighted by molar-refractivity contribution is 5.37. The molecule has 0 N–H and O–H groups in total. The molecule has 76 valence electrons. The van der Waals surface area contributed by atoms with Crippen molar-refractivity contribution in [1.82, 2.24) is 0 Å². The SMILES string of the molecule is [CH2]CCCCCCCCCO[C]=O. The smallest absolute Gasteiger partial charge is 0.417 e. The molecule has 2 radical (unpaired) electrons. The number of carbonyl (C=O) groups excluding carboxylic acids is 1. The van der Waals surface area contributed by atoms with Gasteiger partial charge in [0, 0.05) is 0 Å². The first kappa shape index (κ1) is 12.5. The van der Waals surface area contributed by atoms with Gasteiger partial charge in [0.2, 0.25) is 0 Å². The first-order valence-electron chi connectivity index (χ1n) is 5.20. The summed E-state index contributed by atoms with van der Waals surface area (Å²) < 4.78 is 4.46. The highest BCUT2D eigenvalue weighted by atomic mass is 16.5. The minimum Gasteiger partial charge on any atom is -0.457 e. The molecule has 0 amide bonds. The molecule has 2 nitrogen and oxygen atoms in total. The van der Waals surface area contributed by atoms with E-state index in [-0.39, 0.29) is 0 Å². The molecule has 0 atom stereocenters. The average molecular weight is 184 g/mol. The molecule has 2 heteroatoms. The summed E-state index contributed by atoms with van der Waals surface area (Å²) in [6.45, 7) is 5.76. The average Bonchev–Trinajstić information content (AvgIpc) is 2.16. The van der Waals surface area contributed by atoms with E-state index in [1.165, 1.54) is 38.6 Å². The molecule has 0 fully saturated rings. The fraction of sp³-hybridized carbons (Fsp3) is 0.818. The lowest BCUT2D eigenvalue weighted by Crippen LogP contribution is -1.91. The maximum absolute atomic E-state index is 9.66. The summed E-state index contributed by atoms with van der Waals surface area (Å²) in [6.07, 6.45) is 9.62. The Morgan fingerprint density at radius 3 is 2.00 bits per heavy atom. The van der Waals surface area contributed by atoms with Gasteiger partial charge in [0.05, 0.1) is 6.61 Å². The molecule has 0 bridgehead atoms. The van der Waals surface area contributed by atoms with Crippen molar-refractivity contribution in [3.63, 3.8) is 0 Å². The van der Waals surface area contributed by atoms with Crippen LogP contribution in [0.1, 0.15) is 51.4 Å². The van der Waals surface area contributed by atoms with Gasteiger partial charge in [-0.2, -0.15) is 0 Å². The third kappa shape index (κ3) is 11.5. The summed E-state index contributed by atoms with van der Waals surface area (Å²) in [5, 5.41) is 0. The second-order valence-electron chi connectivity index (χ2n) is 3.26. The van der Waals surface area contributed by atoms with E-state index in [2.05, 4.69) is 11.7 Å². The summed E-state index contributed by atoms with van der Waals surface area (Å²) in [4.78, 5) is 9.66. The number of ether oxygens (including phenoxy) is 1. The van der Waals surface area contributed by atoms with Crippen molar-refractivity contribution >= 4 is 6.47 Å². The van der Waals surface area contributed by atoms with Crippen LogP contribution in [0.5, 0.6) is 0 Å². The Labute approximate surface area is 81.7 Å². The van der Waals surface area contributed by atoms with Gasteiger partial charge in [-0.25, -0.2) is 4.79 Å². The molecule has 0 aliphatic carbocycles. The predicted octanol–water partition coefficient (Wildman–Crippen LogP) is 3.03. The molecule has 0 aliphatic heterocycles. The molecule has 0 unspecified atom stereocenters. The Bertz CT molecular complexity index is 102. The van der Waals surface area contributed by atoms with E-state index in [0.717, 1.165) is 19.3 Å². The summed E-state index contributed by atoms with van der Waals surface area (Å²) in [5.74, 6) is 0. The second kappa shape index (κ2) is 11.5.